The number of carbonyl (C=O) groups excluding carboxylic acids is 1. The highest BCUT2D eigenvalue weighted by molar-refractivity contribution is 5.79. The van der Waals surface area contributed by atoms with E-state index in [0.29, 0.717) is 13.1 Å². The number of amides is 1. The Kier molecular flexibility index (Phi) is 5.83. The number of hydrogen-bond acceptors (Lipinski definition) is 3. The third-order valence-electron chi connectivity index (χ3n) is 2.56. The maximum Gasteiger partial charge on any atom is 0.224 e. The Morgan fingerprint density at radius 3 is 2.33 bits per heavy atom. The molecular weight excluding hydrogens is 192 g/mol. The standard InChI is InChI=1S/C11H24N2O2/c1-8(2)9(5-12)10(15)13-6-11(3,4)7-14/h8-9,14H,5-7,12H2,1-4H3,(H,13,15). The number of aliphatic hydroxyl groups excluding tert-OH is 1. The van der Waals surface area contributed by atoms with Crippen molar-refractivity contribution in [1.29, 1.82) is 0 Å². The molecule has 4 N–H and O–H groups in total. The van der Waals surface area contributed by atoms with Gasteiger partial charge in [-0.25, -0.2) is 0 Å². The van der Waals surface area contributed by atoms with Crippen LogP contribution in [-0.2, 0) is 4.79 Å². The average molecular weight is 216 g/mol. The van der Waals surface area contributed by atoms with Crippen molar-refractivity contribution in [1.82, 2.24) is 5.32 Å². The van der Waals surface area contributed by atoms with Gasteiger partial charge in [-0.2, -0.15) is 0 Å². The van der Waals surface area contributed by atoms with Gasteiger partial charge in [-0.1, -0.05) is 27.7 Å². The molecule has 0 rings (SSSR count). The van der Waals surface area contributed by atoms with Crippen molar-refractivity contribution in [2.75, 3.05) is 19.7 Å². The van der Waals surface area contributed by atoms with Gasteiger partial charge in [0.25, 0.3) is 0 Å². The molecule has 15 heavy (non-hydrogen) atoms. The van der Waals surface area contributed by atoms with Crippen molar-refractivity contribution in [3.8, 4) is 0 Å². The van der Waals surface area contributed by atoms with Gasteiger partial charge in [0, 0.05) is 25.1 Å². The van der Waals surface area contributed by atoms with Crippen LogP contribution in [0.25, 0.3) is 0 Å². The summed E-state index contributed by atoms with van der Waals surface area (Å²) in [6.45, 7) is 8.67. The molecule has 1 atom stereocenters. The van der Waals surface area contributed by atoms with Crippen LogP contribution in [0.2, 0.25) is 0 Å². The van der Waals surface area contributed by atoms with Gasteiger partial charge in [-0.3, -0.25) is 4.79 Å². The fourth-order valence-corrected chi connectivity index (χ4v) is 1.20. The van der Waals surface area contributed by atoms with E-state index in [4.69, 9.17) is 10.8 Å². The van der Waals surface area contributed by atoms with E-state index in [9.17, 15) is 4.79 Å². The highest BCUT2D eigenvalue weighted by Crippen LogP contribution is 2.13. The predicted octanol–water partition coefficient (Wildman–Crippen LogP) is 0.352. The summed E-state index contributed by atoms with van der Waals surface area (Å²) < 4.78 is 0. The molecular formula is C11H24N2O2. The van der Waals surface area contributed by atoms with Crippen LogP contribution in [0, 0.1) is 17.3 Å². The van der Waals surface area contributed by atoms with E-state index in [1.165, 1.54) is 0 Å². The molecule has 0 fully saturated rings. The summed E-state index contributed by atoms with van der Waals surface area (Å²) in [6.07, 6.45) is 0. The Bertz CT molecular complexity index is 203. The average Bonchev–Trinajstić information content (AvgIpc) is 2.15. The van der Waals surface area contributed by atoms with Gasteiger partial charge < -0.3 is 16.2 Å². The van der Waals surface area contributed by atoms with Crippen LogP contribution in [0.3, 0.4) is 0 Å². The van der Waals surface area contributed by atoms with Gasteiger partial charge in [-0.05, 0) is 5.92 Å². The zero-order chi connectivity index (χ0) is 12.1. The molecule has 4 heteroatoms. The maximum absolute atomic E-state index is 11.7. The lowest BCUT2D eigenvalue weighted by molar-refractivity contribution is -0.126. The number of aliphatic hydroxyl groups is 1. The van der Waals surface area contributed by atoms with Crippen molar-refractivity contribution in [3.63, 3.8) is 0 Å². The van der Waals surface area contributed by atoms with Crippen LogP contribution >= 0.6 is 0 Å². The van der Waals surface area contributed by atoms with Crippen LogP contribution in [0.5, 0.6) is 0 Å². The zero-order valence-corrected chi connectivity index (χ0v) is 10.2. The van der Waals surface area contributed by atoms with E-state index >= 15 is 0 Å². The van der Waals surface area contributed by atoms with E-state index < -0.39 is 0 Å². The molecule has 1 amide bonds. The maximum atomic E-state index is 11.7. The summed E-state index contributed by atoms with van der Waals surface area (Å²) in [5.41, 5.74) is 5.26. The van der Waals surface area contributed by atoms with Crippen molar-refractivity contribution in [2.24, 2.45) is 23.0 Å². The van der Waals surface area contributed by atoms with Gasteiger partial charge in [0.15, 0.2) is 0 Å². The minimum Gasteiger partial charge on any atom is -0.396 e. The van der Waals surface area contributed by atoms with Crippen molar-refractivity contribution >= 4 is 5.91 Å². The van der Waals surface area contributed by atoms with Crippen molar-refractivity contribution in [2.45, 2.75) is 27.7 Å². The van der Waals surface area contributed by atoms with E-state index in [-0.39, 0.29) is 29.8 Å². The Balaban J connectivity index is 4.13. The van der Waals surface area contributed by atoms with Gasteiger partial charge in [0.1, 0.15) is 0 Å². The largest absolute Gasteiger partial charge is 0.396 e. The first-order valence-corrected chi connectivity index (χ1v) is 5.42. The fraction of sp³-hybridized carbons (Fsp3) is 0.909. The number of nitrogens with one attached hydrogen (secondary N) is 1. The fourth-order valence-electron chi connectivity index (χ4n) is 1.20. The van der Waals surface area contributed by atoms with Crippen LogP contribution in [0.15, 0.2) is 0 Å². The Labute approximate surface area is 92.2 Å². The lowest BCUT2D eigenvalue weighted by Gasteiger charge is -2.24. The number of hydrogen-bond donors (Lipinski definition) is 3. The molecule has 0 aliphatic rings. The topological polar surface area (TPSA) is 75.4 Å². The first-order chi connectivity index (χ1) is 6.84. The molecule has 0 aliphatic carbocycles. The Hall–Kier alpha value is -0.610. The highest BCUT2D eigenvalue weighted by atomic mass is 16.3. The van der Waals surface area contributed by atoms with Crippen molar-refractivity contribution in [3.05, 3.63) is 0 Å². The number of carbonyl (C=O) groups is 1. The summed E-state index contributed by atoms with van der Waals surface area (Å²) in [7, 11) is 0. The lowest BCUT2D eigenvalue weighted by Crippen LogP contribution is -2.42. The molecule has 4 nitrogen and oxygen atoms in total. The molecule has 0 heterocycles. The summed E-state index contributed by atoms with van der Waals surface area (Å²) in [4.78, 5) is 11.7. The second-order valence-corrected chi connectivity index (χ2v) is 5.13. The molecule has 0 aromatic rings. The highest BCUT2D eigenvalue weighted by Gasteiger charge is 2.23. The molecule has 0 aromatic carbocycles. The molecule has 0 aromatic heterocycles. The number of rotatable bonds is 6. The van der Waals surface area contributed by atoms with Crippen LogP contribution in [0.4, 0.5) is 0 Å². The van der Waals surface area contributed by atoms with E-state index in [2.05, 4.69) is 5.32 Å². The van der Waals surface area contributed by atoms with Gasteiger partial charge in [0.2, 0.25) is 5.91 Å². The van der Waals surface area contributed by atoms with Gasteiger partial charge in [-0.15, -0.1) is 0 Å². The first kappa shape index (κ1) is 14.4. The monoisotopic (exact) mass is 216 g/mol. The molecule has 0 saturated heterocycles. The first-order valence-electron chi connectivity index (χ1n) is 5.42. The van der Waals surface area contributed by atoms with Crippen molar-refractivity contribution < 1.29 is 9.90 Å². The van der Waals surface area contributed by atoms with Gasteiger partial charge in [0.05, 0.1) is 5.92 Å². The van der Waals surface area contributed by atoms with E-state index in [1.807, 2.05) is 27.7 Å². The second kappa shape index (κ2) is 6.08. The Morgan fingerprint density at radius 2 is 2.00 bits per heavy atom. The third kappa shape index (κ3) is 5.14. The Morgan fingerprint density at radius 1 is 1.47 bits per heavy atom. The van der Waals surface area contributed by atoms with E-state index in [1.54, 1.807) is 0 Å². The molecule has 0 spiro atoms. The van der Waals surface area contributed by atoms with Gasteiger partial charge >= 0.3 is 0 Å². The van der Waals surface area contributed by atoms with Crippen LogP contribution in [-0.4, -0.2) is 30.7 Å². The molecule has 0 saturated carbocycles. The smallest absolute Gasteiger partial charge is 0.224 e. The lowest BCUT2D eigenvalue weighted by atomic mass is 9.92. The quantitative estimate of drug-likeness (QED) is 0.600. The second-order valence-electron chi connectivity index (χ2n) is 5.13. The molecule has 1 unspecified atom stereocenters. The number of nitrogens with two attached hydrogens (primary N) is 1. The van der Waals surface area contributed by atoms with Crippen LogP contribution < -0.4 is 11.1 Å². The third-order valence-corrected chi connectivity index (χ3v) is 2.56. The summed E-state index contributed by atoms with van der Waals surface area (Å²) >= 11 is 0. The van der Waals surface area contributed by atoms with Crippen LogP contribution in [0.1, 0.15) is 27.7 Å². The minimum absolute atomic E-state index is 0.0194. The molecule has 0 bridgehead atoms. The molecule has 90 valence electrons. The minimum atomic E-state index is -0.272. The normalized spacial score (nSPS) is 14.1. The van der Waals surface area contributed by atoms with E-state index in [0.717, 1.165) is 0 Å². The molecule has 0 aliphatic heterocycles. The summed E-state index contributed by atoms with van der Waals surface area (Å²) in [5.74, 6) is 0.0840. The predicted molar refractivity (Wildman–Crippen MR) is 61.3 cm³/mol. The summed E-state index contributed by atoms with van der Waals surface area (Å²) in [5, 5.41) is 11.9. The summed E-state index contributed by atoms with van der Waals surface area (Å²) in [6, 6.07) is 0. The zero-order valence-electron chi connectivity index (χ0n) is 10.2. The SMILES string of the molecule is CC(C)C(CN)C(=O)NCC(C)(C)CO. The molecule has 0 radical (unpaired) electrons.